The fourth-order valence-electron chi connectivity index (χ4n) is 1.69. The summed E-state index contributed by atoms with van der Waals surface area (Å²) >= 11 is 11.9. The standard InChI is InChI=1S/C16H14Cl2N2O2/c1-22-12-7-5-11(6-8-12)9-10-19-16(21)20-14-4-2-3-13(17)15(14)18/h2-10H,1H3,(H2,19,20,21)/b10-9+. The smallest absolute Gasteiger partial charge is 0.323 e. The Labute approximate surface area is 138 Å². The summed E-state index contributed by atoms with van der Waals surface area (Å²) in [7, 11) is 1.61. The molecule has 4 nitrogen and oxygen atoms in total. The number of benzene rings is 2. The van der Waals surface area contributed by atoms with Crippen molar-refractivity contribution < 1.29 is 9.53 Å². The third kappa shape index (κ3) is 4.41. The Hall–Kier alpha value is -2.17. The van der Waals surface area contributed by atoms with E-state index in [1.54, 1.807) is 31.4 Å². The molecule has 0 radical (unpaired) electrons. The lowest BCUT2D eigenvalue weighted by Gasteiger charge is -2.07. The fourth-order valence-corrected chi connectivity index (χ4v) is 2.04. The molecule has 0 saturated heterocycles. The lowest BCUT2D eigenvalue weighted by molar-refractivity contribution is 0.255. The maximum Gasteiger partial charge on any atom is 0.323 e. The van der Waals surface area contributed by atoms with Gasteiger partial charge in [-0.3, -0.25) is 0 Å². The molecular formula is C16H14Cl2N2O2. The van der Waals surface area contributed by atoms with Crippen molar-refractivity contribution in [3.05, 3.63) is 64.3 Å². The number of carbonyl (C=O) groups is 1. The van der Waals surface area contributed by atoms with Crippen LogP contribution in [0.4, 0.5) is 10.5 Å². The molecule has 0 atom stereocenters. The first-order chi connectivity index (χ1) is 10.6. The molecule has 2 aromatic rings. The first-order valence-corrected chi connectivity index (χ1v) is 7.18. The summed E-state index contributed by atoms with van der Waals surface area (Å²) in [4.78, 5) is 11.8. The van der Waals surface area contributed by atoms with E-state index in [-0.39, 0.29) is 0 Å². The number of anilines is 1. The van der Waals surface area contributed by atoms with Gasteiger partial charge >= 0.3 is 6.03 Å². The lowest BCUT2D eigenvalue weighted by atomic mass is 10.2. The van der Waals surface area contributed by atoms with Gasteiger partial charge in [0.05, 0.1) is 22.8 Å². The van der Waals surface area contributed by atoms with Crippen molar-refractivity contribution in [3.8, 4) is 5.75 Å². The molecule has 0 unspecified atom stereocenters. The van der Waals surface area contributed by atoms with Crippen molar-refractivity contribution in [1.29, 1.82) is 0 Å². The highest BCUT2D eigenvalue weighted by atomic mass is 35.5. The van der Waals surface area contributed by atoms with Crippen LogP contribution in [-0.2, 0) is 0 Å². The second-order valence-electron chi connectivity index (χ2n) is 4.31. The number of halogens is 2. The molecule has 0 aliphatic carbocycles. The minimum absolute atomic E-state index is 0.304. The van der Waals surface area contributed by atoms with Crippen molar-refractivity contribution in [2.45, 2.75) is 0 Å². The monoisotopic (exact) mass is 336 g/mol. The molecule has 0 aliphatic rings. The zero-order valence-corrected chi connectivity index (χ0v) is 13.3. The molecule has 0 aromatic heterocycles. The number of hydrogen-bond donors (Lipinski definition) is 2. The number of urea groups is 1. The summed E-state index contributed by atoms with van der Waals surface area (Å²) in [5.41, 5.74) is 1.38. The topological polar surface area (TPSA) is 50.4 Å². The number of nitrogens with one attached hydrogen (secondary N) is 2. The summed E-state index contributed by atoms with van der Waals surface area (Å²) in [6.07, 6.45) is 3.30. The van der Waals surface area contributed by atoms with Gasteiger partial charge in [0.1, 0.15) is 5.75 Å². The Bertz CT molecular complexity index is 685. The highest BCUT2D eigenvalue weighted by Crippen LogP contribution is 2.29. The summed E-state index contributed by atoms with van der Waals surface area (Å²) in [6, 6.07) is 12.0. The Morgan fingerprint density at radius 2 is 1.86 bits per heavy atom. The second kappa shape index (κ2) is 7.73. The maximum absolute atomic E-state index is 11.8. The van der Waals surface area contributed by atoms with Gasteiger partial charge in [-0.05, 0) is 35.9 Å². The van der Waals surface area contributed by atoms with Gasteiger partial charge in [0.2, 0.25) is 0 Å². The predicted octanol–water partition coefficient (Wildman–Crippen LogP) is 4.79. The Morgan fingerprint density at radius 3 is 2.55 bits per heavy atom. The van der Waals surface area contributed by atoms with E-state index in [0.29, 0.717) is 15.7 Å². The van der Waals surface area contributed by atoms with Crippen molar-refractivity contribution in [2.24, 2.45) is 0 Å². The molecular weight excluding hydrogens is 323 g/mol. The first-order valence-electron chi connectivity index (χ1n) is 6.42. The molecule has 2 N–H and O–H groups in total. The molecule has 0 aliphatic heterocycles. The number of methoxy groups -OCH3 is 1. The lowest BCUT2D eigenvalue weighted by Crippen LogP contribution is -2.23. The van der Waals surface area contributed by atoms with Crippen LogP contribution >= 0.6 is 23.2 Å². The van der Waals surface area contributed by atoms with Crippen molar-refractivity contribution in [2.75, 3.05) is 12.4 Å². The molecule has 0 bridgehead atoms. The van der Waals surface area contributed by atoms with Gasteiger partial charge < -0.3 is 15.4 Å². The molecule has 2 amide bonds. The number of amides is 2. The van der Waals surface area contributed by atoms with Gasteiger partial charge in [0.25, 0.3) is 0 Å². The molecule has 22 heavy (non-hydrogen) atoms. The van der Waals surface area contributed by atoms with Gasteiger partial charge in [-0.1, -0.05) is 41.4 Å². The van der Waals surface area contributed by atoms with Crippen LogP contribution in [0.15, 0.2) is 48.7 Å². The summed E-state index contributed by atoms with van der Waals surface area (Å²) in [6.45, 7) is 0. The molecule has 2 rings (SSSR count). The number of hydrogen-bond acceptors (Lipinski definition) is 2. The summed E-state index contributed by atoms with van der Waals surface area (Å²) in [5.74, 6) is 0.776. The van der Waals surface area contributed by atoms with E-state index in [1.165, 1.54) is 6.20 Å². The highest BCUT2D eigenvalue weighted by molar-refractivity contribution is 6.43. The van der Waals surface area contributed by atoms with Crippen molar-refractivity contribution in [1.82, 2.24) is 5.32 Å². The summed E-state index contributed by atoms with van der Waals surface area (Å²) in [5, 5.41) is 5.90. The Balaban J connectivity index is 1.91. The Morgan fingerprint density at radius 1 is 1.14 bits per heavy atom. The van der Waals surface area contributed by atoms with Gasteiger partial charge in [0.15, 0.2) is 0 Å². The molecule has 6 heteroatoms. The quantitative estimate of drug-likeness (QED) is 0.842. The zero-order valence-electron chi connectivity index (χ0n) is 11.8. The third-order valence-electron chi connectivity index (χ3n) is 2.81. The predicted molar refractivity (Wildman–Crippen MR) is 90.6 cm³/mol. The number of rotatable bonds is 4. The first kappa shape index (κ1) is 16.2. The van der Waals surface area contributed by atoms with E-state index in [4.69, 9.17) is 27.9 Å². The van der Waals surface area contributed by atoms with Gasteiger partial charge in [-0.15, -0.1) is 0 Å². The van der Waals surface area contributed by atoms with Crippen LogP contribution in [0.3, 0.4) is 0 Å². The van der Waals surface area contributed by atoms with Crippen LogP contribution in [0.2, 0.25) is 10.0 Å². The molecule has 114 valence electrons. The largest absolute Gasteiger partial charge is 0.497 e. The molecule has 2 aromatic carbocycles. The molecule has 0 fully saturated rings. The van der Waals surface area contributed by atoms with Crippen LogP contribution in [0.1, 0.15) is 5.56 Å². The van der Waals surface area contributed by atoms with E-state index in [2.05, 4.69) is 10.6 Å². The summed E-state index contributed by atoms with van der Waals surface area (Å²) < 4.78 is 5.07. The van der Waals surface area contributed by atoms with E-state index in [1.807, 2.05) is 24.3 Å². The Kier molecular flexibility index (Phi) is 5.69. The molecule has 0 spiro atoms. The van der Waals surface area contributed by atoms with Crippen LogP contribution < -0.4 is 15.4 Å². The number of carbonyl (C=O) groups excluding carboxylic acids is 1. The van der Waals surface area contributed by atoms with E-state index in [9.17, 15) is 4.79 Å². The van der Waals surface area contributed by atoms with E-state index >= 15 is 0 Å². The van der Waals surface area contributed by atoms with E-state index in [0.717, 1.165) is 11.3 Å². The van der Waals surface area contributed by atoms with Gasteiger partial charge in [0, 0.05) is 6.20 Å². The van der Waals surface area contributed by atoms with E-state index < -0.39 is 6.03 Å². The zero-order chi connectivity index (χ0) is 15.9. The highest BCUT2D eigenvalue weighted by Gasteiger charge is 2.06. The maximum atomic E-state index is 11.8. The van der Waals surface area contributed by atoms with Crippen molar-refractivity contribution in [3.63, 3.8) is 0 Å². The van der Waals surface area contributed by atoms with Gasteiger partial charge in [-0.2, -0.15) is 0 Å². The SMILES string of the molecule is COc1ccc(/C=C/NC(=O)Nc2cccc(Cl)c2Cl)cc1. The van der Waals surface area contributed by atoms with Gasteiger partial charge in [-0.25, -0.2) is 4.79 Å². The average molecular weight is 337 g/mol. The van der Waals surface area contributed by atoms with Crippen LogP contribution in [0.5, 0.6) is 5.75 Å². The minimum Gasteiger partial charge on any atom is -0.497 e. The number of ether oxygens (including phenoxy) is 1. The fraction of sp³-hybridized carbons (Fsp3) is 0.0625. The normalized spacial score (nSPS) is 10.5. The van der Waals surface area contributed by atoms with Crippen LogP contribution in [-0.4, -0.2) is 13.1 Å². The molecule has 0 heterocycles. The average Bonchev–Trinajstić information content (AvgIpc) is 2.52. The minimum atomic E-state index is -0.408. The second-order valence-corrected chi connectivity index (χ2v) is 5.09. The van der Waals surface area contributed by atoms with Crippen LogP contribution in [0.25, 0.3) is 6.08 Å². The molecule has 0 saturated carbocycles. The van der Waals surface area contributed by atoms with Crippen molar-refractivity contribution >= 4 is 41.0 Å². The third-order valence-corrected chi connectivity index (χ3v) is 3.62. The van der Waals surface area contributed by atoms with Crippen LogP contribution in [0, 0.1) is 0 Å².